The van der Waals surface area contributed by atoms with Crippen molar-refractivity contribution in [2.75, 3.05) is 26.2 Å². The summed E-state index contributed by atoms with van der Waals surface area (Å²) in [6, 6.07) is 0.0591. The fraction of sp³-hybridized carbons (Fsp3) is 0.750. The van der Waals surface area contributed by atoms with Crippen molar-refractivity contribution in [2.45, 2.75) is 45.7 Å². The molecule has 2 fully saturated rings. The summed E-state index contributed by atoms with van der Waals surface area (Å²) in [4.78, 5) is 21.2. The summed E-state index contributed by atoms with van der Waals surface area (Å²) in [7, 11) is 0. The van der Waals surface area contributed by atoms with Gasteiger partial charge in [0.15, 0.2) is 0 Å². The monoisotopic (exact) mass is 306 g/mol. The van der Waals surface area contributed by atoms with Crippen molar-refractivity contribution in [3.05, 3.63) is 17.3 Å². The molecule has 0 spiro atoms. The van der Waals surface area contributed by atoms with Crippen molar-refractivity contribution in [3.8, 4) is 0 Å². The largest absolute Gasteiger partial charge is 0.444 e. The second-order valence-corrected chi connectivity index (χ2v) is 6.55. The van der Waals surface area contributed by atoms with E-state index in [1.165, 1.54) is 0 Å². The molecular formula is C16H26N4O2. The van der Waals surface area contributed by atoms with E-state index >= 15 is 0 Å². The summed E-state index contributed by atoms with van der Waals surface area (Å²) in [5.74, 6) is 1.96. The van der Waals surface area contributed by atoms with E-state index in [9.17, 15) is 4.79 Å². The Morgan fingerprint density at radius 1 is 1.27 bits per heavy atom. The van der Waals surface area contributed by atoms with Crippen molar-refractivity contribution in [2.24, 2.45) is 11.7 Å². The van der Waals surface area contributed by atoms with E-state index in [-0.39, 0.29) is 17.9 Å². The first-order valence-electron chi connectivity index (χ1n) is 8.24. The van der Waals surface area contributed by atoms with Gasteiger partial charge in [-0.15, -0.1) is 0 Å². The molecule has 3 rings (SSSR count). The summed E-state index contributed by atoms with van der Waals surface area (Å²) in [5.41, 5.74) is 7.01. The fourth-order valence-corrected chi connectivity index (χ4v) is 3.45. The van der Waals surface area contributed by atoms with Gasteiger partial charge in [0.2, 0.25) is 11.8 Å². The van der Waals surface area contributed by atoms with Gasteiger partial charge in [-0.25, -0.2) is 4.98 Å². The number of aromatic nitrogens is 1. The molecule has 2 atom stereocenters. The Bertz CT molecular complexity index is 515. The molecular weight excluding hydrogens is 280 g/mol. The average Bonchev–Trinajstić information content (AvgIpc) is 3.05. The maximum absolute atomic E-state index is 12.5. The number of hydrogen-bond acceptors (Lipinski definition) is 5. The second-order valence-electron chi connectivity index (χ2n) is 6.55. The van der Waals surface area contributed by atoms with Gasteiger partial charge in [-0.3, -0.25) is 9.69 Å². The topological polar surface area (TPSA) is 75.6 Å². The predicted molar refractivity (Wildman–Crippen MR) is 83.2 cm³/mol. The standard InChI is InChI=1S/C16H26N4O2/c1-11-12(2)22-15(18-11)10-19-6-8-20(9-7-19)16(21)13-4-3-5-14(13)17/h13-14H,3-10,17H2,1-2H3/t13-,14-/m1/s1. The molecule has 0 radical (unpaired) electrons. The molecule has 122 valence electrons. The number of rotatable bonds is 3. The van der Waals surface area contributed by atoms with Crippen LogP contribution in [0.4, 0.5) is 0 Å². The summed E-state index contributed by atoms with van der Waals surface area (Å²) in [6.07, 6.45) is 3.02. The Morgan fingerprint density at radius 3 is 2.55 bits per heavy atom. The highest BCUT2D eigenvalue weighted by molar-refractivity contribution is 5.80. The number of piperazine rings is 1. The molecule has 6 nitrogen and oxygen atoms in total. The molecule has 1 amide bonds. The van der Waals surface area contributed by atoms with E-state index in [0.29, 0.717) is 0 Å². The molecule has 2 heterocycles. The number of aryl methyl sites for hydroxylation is 2. The number of carbonyl (C=O) groups is 1. The third kappa shape index (κ3) is 3.17. The first-order chi connectivity index (χ1) is 10.5. The van der Waals surface area contributed by atoms with Crippen LogP contribution in [0, 0.1) is 19.8 Å². The lowest BCUT2D eigenvalue weighted by Crippen LogP contribution is -2.51. The minimum Gasteiger partial charge on any atom is -0.444 e. The maximum Gasteiger partial charge on any atom is 0.227 e. The zero-order valence-electron chi connectivity index (χ0n) is 13.5. The number of carbonyl (C=O) groups excluding carboxylic acids is 1. The lowest BCUT2D eigenvalue weighted by molar-refractivity contribution is -0.137. The van der Waals surface area contributed by atoms with Gasteiger partial charge in [-0.2, -0.15) is 0 Å². The van der Waals surface area contributed by atoms with Gasteiger partial charge in [0.25, 0.3) is 0 Å². The van der Waals surface area contributed by atoms with E-state index in [1.807, 2.05) is 18.7 Å². The van der Waals surface area contributed by atoms with E-state index < -0.39 is 0 Å². The number of amides is 1. The Hall–Kier alpha value is -1.40. The van der Waals surface area contributed by atoms with Crippen LogP contribution in [0.3, 0.4) is 0 Å². The lowest BCUT2D eigenvalue weighted by atomic mass is 10.0. The van der Waals surface area contributed by atoms with Gasteiger partial charge in [-0.05, 0) is 26.7 Å². The van der Waals surface area contributed by atoms with Crippen molar-refractivity contribution in [3.63, 3.8) is 0 Å². The van der Waals surface area contributed by atoms with Crippen molar-refractivity contribution in [1.29, 1.82) is 0 Å². The van der Waals surface area contributed by atoms with Crippen LogP contribution >= 0.6 is 0 Å². The summed E-state index contributed by atoms with van der Waals surface area (Å²) < 4.78 is 5.64. The molecule has 2 aliphatic rings. The third-order valence-electron chi connectivity index (χ3n) is 5.00. The molecule has 22 heavy (non-hydrogen) atoms. The van der Waals surface area contributed by atoms with Crippen LogP contribution in [0.15, 0.2) is 4.42 Å². The van der Waals surface area contributed by atoms with Gasteiger partial charge in [0.05, 0.1) is 18.2 Å². The van der Waals surface area contributed by atoms with Gasteiger partial charge in [0, 0.05) is 32.2 Å². The smallest absolute Gasteiger partial charge is 0.227 e. The van der Waals surface area contributed by atoms with Crippen LogP contribution < -0.4 is 5.73 Å². The molecule has 0 aromatic carbocycles. The molecule has 1 aromatic heterocycles. The molecule has 1 saturated heterocycles. The van der Waals surface area contributed by atoms with Crippen LogP contribution in [0.2, 0.25) is 0 Å². The van der Waals surface area contributed by atoms with Crippen LogP contribution in [0.25, 0.3) is 0 Å². The fourth-order valence-electron chi connectivity index (χ4n) is 3.45. The number of oxazole rings is 1. The summed E-state index contributed by atoms with van der Waals surface area (Å²) in [5, 5.41) is 0. The van der Waals surface area contributed by atoms with Crippen LogP contribution in [0.5, 0.6) is 0 Å². The molecule has 0 bridgehead atoms. The third-order valence-corrected chi connectivity index (χ3v) is 5.00. The Morgan fingerprint density at radius 2 is 2.00 bits per heavy atom. The molecule has 2 N–H and O–H groups in total. The molecule has 1 aliphatic carbocycles. The Labute approximate surface area is 131 Å². The van der Waals surface area contributed by atoms with Crippen LogP contribution in [-0.2, 0) is 11.3 Å². The Balaban J connectivity index is 1.50. The first-order valence-corrected chi connectivity index (χ1v) is 8.24. The number of hydrogen-bond donors (Lipinski definition) is 1. The van der Waals surface area contributed by atoms with E-state index in [2.05, 4.69) is 9.88 Å². The zero-order valence-corrected chi connectivity index (χ0v) is 13.5. The second kappa shape index (κ2) is 6.38. The minimum atomic E-state index is 0.0450. The Kier molecular flexibility index (Phi) is 4.49. The normalized spacial score (nSPS) is 26.6. The molecule has 1 aromatic rings. The van der Waals surface area contributed by atoms with E-state index in [1.54, 1.807) is 0 Å². The lowest BCUT2D eigenvalue weighted by Gasteiger charge is -2.36. The summed E-state index contributed by atoms with van der Waals surface area (Å²) in [6.45, 7) is 7.92. The molecule has 0 unspecified atom stereocenters. The van der Waals surface area contributed by atoms with Gasteiger partial charge >= 0.3 is 0 Å². The maximum atomic E-state index is 12.5. The molecule has 1 saturated carbocycles. The number of nitrogens with two attached hydrogens (primary N) is 1. The van der Waals surface area contributed by atoms with Gasteiger partial charge in [0.1, 0.15) is 5.76 Å². The minimum absolute atomic E-state index is 0.0450. The SMILES string of the molecule is Cc1nc(CN2CCN(C(=O)[C@@H]3CCC[C@H]3N)CC2)oc1C. The zero-order chi connectivity index (χ0) is 15.7. The molecule has 6 heteroatoms. The van der Waals surface area contributed by atoms with Crippen molar-refractivity contribution >= 4 is 5.91 Å². The van der Waals surface area contributed by atoms with E-state index in [0.717, 1.165) is 69.3 Å². The quantitative estimate of drug-likeness (QED) is 0.904. The van der Waals surface area contributed by atoms with Gasteiger partial charge < -0.3 is 15.1 Å². The van der Waals surface area contributed by atoms with Crippen molar-refractivity contribution in [1.82, 2.24) is 14.8 Å². The molecule has 1 aliphatic heterocycles. The van der Waals surface area contributed by atoms with Gasteiger partial charge in [-0.1, -0.05) is 6.42 Å². The van der Waals surface area contributed by atoms with E-state index in [4.69, 9.17) is 10.2 Å². The highest BCUT2D eigenvalue weighted by Crippen LogP contribution is 2.26. The average molecular weight is 306 g/mol. The van der Waals surface area contributed by atoms with Crippen LogP contribution in [-0.4, -0.2) is 52.9 Å². The number of nitrogens with zero attached hydrogens (tertiary/aromatic N) is 3. The highest BCUT2D eigenvalue weighted by Gasteiger charge is 2.34. The first kappa shape index (κ1) is 15.5. The van der Waals surface area contributed by atoms with Crippen molar-refractivity contribution < 1.29 is 9.21 Å². The predicted octanol–water partition coefficient (Wildman–Crippen LogP) is 1.06. The summed E-state index contributed by atoms with van der Waals surface area (Å²) >= 11 is 0. The van der Waals surface area contributed by atoms with Crippen LogP contribution in [0.1, 0.15) is 36.6 Å². The highest BCUT2D eigenvalue weighted by atomic mass is 16.4.